The van der Waals surface area contributed by atoms with E-state index >= 15 is 0 Å². The summed E-state index contributed by atoms with van der Waals surface area (Å²) >= 11 is 0. The molecule has 1 N–H and O–H groups in total. The van der Waals surface area contributed by atoms with Gasteiger partial charge in [0.25, 0.3) is 5.91 Å². The van der Waals surface area contributed by atoms with Crippen molar-refractivity contribution in [3.63, 3.8) is 0 Å². The minimum atomic E-state index is -0.950. The molecule has 0 spiro atoms. The largest absolute Gasteiger partial charge is 0.452 e. The molecule has 0 radical (unpaired) electrons. The molecule has 2 atom stereocenters. The number of esters is 1. The highest BCUT2D eigenvalue weighted by Crippen LogP contribution is 2.27. The van der Waals surface area contributed by atoms with Crippen molar-refractivity contribution in [1.82, 2.24) is 5.32 Å². The topological polar surface area (TPSA) is 79.2 Å². The molecule has 1 aliphatic carbocycles. The first-order chi connectivity index (χ1) is 8.80. The maximum absolute atomic E-state index is 11.9. The summed E-state index contributed by atoms with van der Waals surface area (Å²) in [7, 11) is 0. The third-order valence-corrected chi connectivity index (χ3v) is 3.87. The Morgan fingerprint density at radius 1 is 1.37 bits per heavy atom. The molecular weight excluding hydrogens is 244 g/mol. The second kappa shape index (κ2) is 6.05. The fourth-order valence-corrected chi connectivity index (χ4v) is 1.63. The SMILES string of the molecule is CC(C)[C@](C)(C#N)NC(=O)[C@@H](C)OC(=O)C1CCC1. The number of ether oxygens (including phenoxy) is 1. The summed E-state index contributed by atoms with van der Waals surface area (Å²) in [4.78, 5) is 23.6. The Kier molecular flexibility index (Phi) is 4.93. The second-order valence-corrected chi connectivity index (χ2v) is 5.67. The number of rotatable bonds is 5. The van der Waals surface area contributed by atoms with Crippen molar-refractivity contribution < 1.29 is 14.3 Å². The predicted molar refractivity (Wildman–Crippen MR) is 69.9 cm³/mol. The molecule has 1 rings (SSSR count). The second-order valence-electron chi connectivity index (χ2n) is 5.67. The van der Waals surface area contributed by atoms with E-state index in [-0.39, 0.29) is 17.8 Å². The molecule has 1 saturated carbocycles. The molecule has 106 valence electrons. The first-order valence-corrected chi connectivity index (χ1v) is 6.74. The van der Waals surface area contributed by atoms with Crippen LogP contribution < -0.4 is 5.32 Å². The van der Waals surface area contributed by atoms with Crippen molar-refractivity contribution in [1.29, 1.82) is 5.26 Å². The van der Waals surface area contributed by atoms with E-state index in [4.69, 9.17) is 10.00 Å². The normalized spacial score (nSPS) is 19.8. The smallest absolute Gasteiger partial charge is 0.309 e. The van der Waals surface area contributed by atoms with Gasteiger partial charge in [0.15, 0.2) is 6.10 Å². The Balaban J connectivity index is 2.52. The monoisotopic (exact) mass is 266 g/mol. The van der Waals surface area contributed by atoms with Crippen LogP contribution in [0.3, 0.4) is 0 Å². The van der Waals surface area contributed by atoms with Gasteiger partial charge in [-0.05, 0) is 32.6 Å². The fraction of sp³-hybridized carbons (Fsp3) is 0.786. The van der Waals surface area contributed by atoms with E-state index in [2.05, 4.69) is 11.4 Å². The summed E-state index contributed by atoms with van der Waals surface area (Å²) in [5, 5.41) is 11.8. The third-order valence-electron chi connectivity index (χ3n) is 3.87. The standard InChI is InChI=1S/C14H22N2O3/c1-9(2)14(4,8-15)16-12(17)10(3)19-13(18)11-6-5-7-11/h9-11H,5-7H2,1-4H3,(H,16,17)/t10-,14+/m1/s1. The quantitative estimate of drug-likeness (QED) is 0.769. The number of nitrogens with zero attached hydrogens (tertiary/aromatic N) is 1. The summed E-state index contributed by atoms with van der Waals surface area (Å²) < 4.78 is 5.13. The molecule has 5 heteroatoms. The molecule has 0 unspecified atom stereocenters. The van der Waals surface area contributed by atoms with Crippen LogP contribution in [-0.4, -0.2) is 23.5 Å². The summed E-state index contributed by atoms with van der Waals surface area (Å²) in [6.07, 6.45) is 1.86. The van der Waals surface area contributed by atoms with Gasteiger partial charge in [-0.3, -0.25) is 9.59 Å². The van der Waals surface area contributed by atoms with Crippen LogP contribution in [0, 0.1) is 23.2 Å². The first-order valence-electron chi connectivity index (χ1n) is 6.74. The molecule has 0 saturated heterocycles. The third kappa shape index (κ3) is 3.69. The molecule has 0 heterocycles. The van der Waals surface area contributed by atoms with E-state index < -0.39 is 17.6 Å². The predicted octanol–water partition coefficient (Wildman–Crippen LogP) is 1.77. The molecule has 0 aromatic rings. The number of carbonyl (C=O) groups is 2. The lowest BCUT2D eigenvalue weighted by molar-refractivity contribution is -0.161. The van der Waals surface area contributed by atoms with Crippen LogP contribution >= 0.6 is 0 Å². The van der Waals surface area contributed by atoms with E-state index in [1.165, 1.54) is 6.92 Å². The first kappa shape index (κ1) is 15.5. The van der Waals surface area contributed by atoms with E-state index in [1.807, 2.05) is 13.8 Å². The summed E-state index contributed by atoms with van der Waals surface area (Å²) in [5.74, 6) is -0.818. The van der Waals surface area contributed by atoms with Crippen LogP contribution in [0.25, 0.3) is 0 Å². The van der Waals surface area contributed by atoms with Crippen molar-refractivity contribution in [3.05, 3.63) is 0 Å². The lowest BCUT2D eigenvalue weighted by Crippen LogP contribution is -2.52. The molecule has 5 nitrogen and oxygen atoms in total. The molecule has 1 amide bonds. The maximum Gasteiger partial charge on any atom is 0.309 e. The lowest BCUT2D eigenvalue weighted by atomic mass is 9.85. The maximum atomic E-state index is 11.9. The molecule has 0 aliphatic heterocycles. The van der Waals surface area contributed by atoms with Gasteiger partial charge in [-0.25, -0.2) is 0 Å². The average molecular weight is 266 g/mol. The van der Waals surface area contributed by atoms with Crippen molar-refractivity contribution in [2.24, 2.45) is 11.8 Å². The van der Waals surface area contributed by atoms with Gasteiger partial charge in [0.05, 0.1) is 12.0 Å². The van der Waals surface area contributed by atoms with Crippen LogP contribution in [0.4, 0.5) is 0 Å². The molecule has 1 fully saturated rings. The van der Waals surface area contributed by atoms with E-state index in [1.54, 1.807) is 6.92 Å². The summed E-state index contributed by atoms with van der Waals surface area (Å²) in [6, 6.07) is 2.09. The van der Waals surface area contributed by atoms with Crippen molar-refractivity contribution >= 4 is 11.9 Å². The molecule has 0 aromatic carbocycles. The minimum Gasteiger partial charge on any atom is -0.452 e. The van der Waals surface area contributed by atoms with Gasteiger partial charge < -0.3 is 10.1 Å². The molecule has 0 aromatic heterocycles. The number of nitrogens with one attached hydrogen (secondary N) is 1. The van der Waals surface area contributed by atoms with E-state index in [0.717, 1.165) is 19.3 Å². The zero-order valence-corrected chi connectivity index (χ0v) is 12.0. The van der Waals surface area contributed by atoms with Gasteiger partial charge in [-0.2, -0.15) is 5.26 Å². The number of hydrogen-bond acceptors (Lipinski definition) is 4. The number of carbonyl (C=O) groups excluding carboxylic acids is 2. The van der Waals surface area contributed by atoms with Gasteiger partial charge in [-0.1, -0.05) is 20.3 Å². The van der Waals surface area contributed by atoms with Gasteiger partial charge in [-0.15, -0.1) is 0 Å². The minimum absolute atomic E-state index is 0.0315. The molecular formula is C14H22N2O3. The zero-order chi connectivity index (χ0) is 14.6. The van der Waals surface area contributed by atoms with Crippen LogP contribution in [0.1, 0.15) is 47.0 Å². The zero-order valence-electron chi connectivity index (χ0n) is 12.0. The molecule has 0 bridgehead atoms. The molecule has 1 aliphatic rings. The van der Waals surface area contributed by atoms with Crippen LogP contribution in [-0.2, 0) is 14.3 Å². The average Bonchev–Trinajstić information content (AvgIpc) is 2.25. The van der Waals surface area contributed by atoms with Crippen LogP contribution in [0.5, 0.6) is 0 Å². The van der Waals surface area contributed by atoms with Crippen molar-refractivity contribution in [2.75, 3.05) is 0 Å². The van der Waals surface area contributed by atoms with E-state index in [9.17, 15) is 9.59 Å². The van der Waals surface area contributed by atoms with E-state index in [0.29, 0.717) is 0 Å². The summed E-state index contributed by atoms with van der Waals surface area (Å²) in [5.41, 5.74) is -0.950. The Hall–Kier alpha value is -1.57. The van der Waals surface area contributed by atoms with Gasteiger partial charge >= 0.3 is 5.97 Å². The Labute approximate surface area is 114 Å². The van der Waals surface area contributed by atoms with Gasteiger partial charge in [0, 0.05) is 0 Å². The Morgan fingerprint density at radius 2 is 1.95 bits per heavy atom. The number of nitriles is 1. The summed E-state index contributed by atoms with van der Waals surface area (Å²) in [6.45, 7) is 6.91. The Morgan fingerprint density at radius 3 is 2.32 bits per heavy atom. The fourth-order valence-electron chi connectivity index (χ4n) is 1.63. The van der Waals surface area contributed by atoms with Crippen LogP contribution in [0.2, 0.25) is 0 Å². The highest BCUT2D eigenvalue weighted by molar-refractivity contribution is 5.84. The van der Waals surface area contributed by atoms with Crippen molar-refractivity contribution in [2.45, 2.75) is 58.6 Å². The lowest BCUT2D eigenvalue weighted by Gasteiger charge is -2.29. The molecule has 19 heavy (non-hydrogen) atoms. The number of hydrogen-bond donors (Lipinski definition) is 1. The number of amides is 1. The van der Waals surface area contributed by atoms with Crippen molar-refractivity contribution in [3.8, 4) is 6.07 Å². The Bertz CT molecular complexity index is 396. The van der Waals surface area contributed by atoms with Gasteiger partial charge in [0.1, 0.15) is 5.54 Å². The van der Waals surface area contributed by atoms with Gasteiger partial charge in [0.2, 0.25) is 0 Å². The van der Waals surface area contributed by atoms with Crippen LogP contribution in [0.15, 0.2) is 0 Å². The highest BCUT2D eigenvalue weighted by atomic mass is 16.5. The highest BCUT2D eigenvalue weighted by Gasteiger charge is 2.34.